The molecule has 6 heteroatoms. The van der Waals surface area contributed by atoms with Gasteiger partial charge in [-0.3, -0.25) is 4.79 Å². The van der Waals surface area contributed by atoms with Gasteiger partial charge in [0.05, 0.1) is 12.1 Å². The molecule has 31 heavy (non-hydrogen) atoms. The van der Waals surface area contributed by atoms with Crippen LogP contribution < -0.4 is 4.90 Å². The van der Waals surface area contributed by atoms with Crippen LogP contribution in [-0.4, -0.2) is 17.0 Å². The number of carboxylic acid groups (broad SMARTS) is 1. The van der Waals surface area contributed by atoms with Crippen molar-refractivity contribution in [1.29, 1.82) is 0 Å². The minimum Gasteiger partial charge on any atom is -0.478 e. The molecule has 4 rings (SSSR count). The summed E-state index contributed by atoms with van der Waals surface area (Å²) >= 11 is 5.54. The molecule has 0 bridgehead atoms. The first-order chi connectivity index (χ1) is 14.8. The number of rotatable bonds is 5. The number of aromatic carboxylic acids is 1. The molecule has 0 heterocycles. The summed E-state index contributed by atoms with van der Waals surface area (Å²) in [5.74, 6) is -1.04. The first kappa shape index (κ1) is 22.5. The second-order valence-electron chi connectivity index (χ2n) is 7.52. The van der Waals surface area contributed by atoms with Crippen molar-refractivity contribution in [2.24, 2.45) is 11.8 Å². The van der Waals surface area contributed by atoms with E-state index in [1.54, 1.807) is 35.2 Å². The molecule has 4 nitrogen and oxygen atoms in total. The predicted octanol–water partition coefficient (Wildman–Crippen LogP) is 6.05. The molecule has 3 aromatic carbocycles. The fraction of sp³-hybridized carbons (Fsp3) is 0.200. The zero-order chi connectivity index (χ0) is 22.4. The molecular weight excluding hydrogens is 417 g/mol. The minimum absolute atomic E-state index is 0.00478. The molecule has 0 aliphatic heterocycles. The molecule has 1 amide bonds. The minimum atomic E-state index is -1.01. The summed E-state index contributed by atoms with van der Waals surface area (Å²) in [7, 11) is 0. The molecule has 1 N–H and O–H groups in total. The number of hydrogen-bond acceptors (Lipinski definition) is 2. The Kier molecular flexibility index (Phi) is 7.42. The van der Waals surface area contributed by atoms with E-state index in [2.05, 4.69) is 0 Å². The fourth-order valence-electron chi connectivity index (χ4n) is 3.18. The molecule has 160 valence electrons. The Morgan fingerprint density at radius 3 is 2.19 bits per heavy atom. The lowest BCUT2D eigenvalue weighted by Gasteiger charge is -2.23. The van der Waals surface area contributed by atoms with Crippen molar-refractivity contribution in [3.05, 3.63) is 101 Å². The Morgan fingerprint density at radius 2 is 1.68 bits per heavy atom. The lowest BCUT2D eigenvalue weighted by molar-refractivity contribution is -0.120. The Morgan fingerprint density at radius 1 is 1.03 bits per heavy atom. The van der Waals surface area contributed by atoms with Gasteiger partial charge in [-0.25, -0.2) is 9.18 Å². The lowest BCUT2D eigenvalue weighted by Crippen LogP contribution is -2.32. The first-order valence-corrected chi connectivity index (χ1v) is 10.3. The van der Waals surface area contributed by atoms with E-state index in [0.717, 1.165) is 17.0 Å². The normalized spacial score (nSPS) is 16.6. The number of carbonyl (C=O) groups excluding carboxylic acids is 1. The van der Waals surface area contributed by atoms with Crippen molar-refractivity contribution in [3.63, 3.8) is 0 Å². The third-order valence-corrected chi connectivity index (χ3v) is 5.33. The van der Waals surface area contributed by atoms with Gasteiger partial charge >= 0.3 is 5.97 Å². The van der Waals surface area contributed by atoms with Crippen LogP contribution in [0.25, 0.3) is 0 Å². The smallest absolute Gasteiger partial charge is 0.335 e. The van der Waals surface area contributed by atoms with E-state index >= 15 is 0 Å². The molecule has 1 saturated carbocycles. The quantitative estimate of drug-likeness (QED) is 0.526. The number of carbonyl (C=O) groups is 2. The van der Waals surface area contributed by atoms with Gasteiger partial charge in [-0.1, -0.05) is 48.9 Å². The monoisotopic (exact) mass is 439 g/mol. The maximum Gasteiger partial charge on any atom is 0.335 e. The number of carboxylic acids is 1. The maximum absolute atomic E-state index is 13.2. The van der Waals surface area contributed by atoms with Crippen LogP contribution in [0.2, 0.25) is 5.02 Å². The standard InChI is InChI=1S/C19H18FNO3.C6H5Cl/c1-12-9-17(12)18(22)21(16-7-5-15(20)6-8-16)11-13-3-2-4-14(10-13)19(23)24;7-6-4-2-1-3-5-6/h2-8,10,12,17H,9,11H2,1H3,(H,23,24);1-5H. The fourth-order valence-corrected chi connectivity index (χ4v) is 3.33. The van der Waals surface area contributed by atoms with Gasteiger partial charge < -0.3 is 10.0 Å². The van der Waals surface area contributed by atoms with Crippen molar-refractivity contribution in [3.8, 4) is 0 Å². The SMILES string of the molecule is CC1CC1C(=O)N(Cc1cccc(C(=O)O)c1)c1ccc(F)cc1.Clc1ccccc1. The number of nitrogens with zero attached hydrogens (tertiary/aromatic N) is 1. The summed E-state index contributed by atoms with van der Waals surface area (Å²) in [6, 6.07) is 21.7. The van der Waals surface area contributed by atoms with E-state index in [0.29, 0.717) is 11.6 Å². The highest BCUT2D eigenvalue weighted by molar-refractivity contribution is 6.30. The summed E-state index contributed by atoms with van der Waals surface area (Å²) in [4.78, 5) is 25.5. The number of hydrogen-bond donors (Lipinski definition) is 1. The van der Waals surface area contributed by atoms with E-state index in [-0.39, 0.29) is 29.8 Å². The lowest BCUT2D eigenvalue weighted by atomic mass is 10.1. The number of halogens is 2. The van der Waals surface area contributed by atoms with E-state index in [1.807, 2.05) is 37.3 Å². The zero-order valence-corrected chi connectivity index (χ0v) is 17.8. The number of anilines is 1. The van der Waals surface area contributed by atoms with Crippen LogP contribution in [0, 0.1) is 17.7 Å². The largest absolute Gasteiger partial charge is 0.478 e. The Balaban J connectivity index is 0.000000330. The third-order valence-electron chi connectivity index (χ3n) is 5.08. The highest BCUT2D eigenvalue weighted by Gasteiger charge is 2.41. The molecule has 1 aliphatic rings. The summed E-state index contributed by atoms with van der Waals surface area (Å²) < 4.78 is 13.2. The van der Waals surface area contributed by atoms with Gasteiger partial charge in [0.15, 0.2) is 0 Å². The molecule has 0 radical (unpaired) electrons. The van der Waals surface area contributed by atoms with Crippen molar-refractivity contribution < 1.29 is 19.1 Å². The molecular formula is C25H23ClFNO3. The van der Waals surface area contributed by atoms with Crippen LogP contribution in [-0.2, 0) is 11.3 Å². The Bertz CT molecular complexity index is 1040. The summed E-state index contributed by atoms with van der Waals surface area (Å²) in [5, 5.41) is 9.90. The first-order valence-electron chi connectivity index (χ1n) is 9.95. The molecule has 0 spiro atoms. The van der Waals surface area contributed by atoms with Crippen molar-refractivity contribution in [1.82, 2.24) is 0 Å². The number of amides is 1. The molecule has 2 unspecified atom stereocenters. The second kappa shape index (κ2) is 10.2. The van der Waals surface area contributed by atoms with Crippen LogP contribution in [0.4, 0.5) is 10.1 Å². The van der Waals surface area contributed by atoms with Crippen LogP contribution in [0.15, 0.2) is 78.9 Å². The topological polar surface area (TPSA) is 57.6 Å². The van der Waals surface area contributed by atoms with Gasteiger partial charge in [0.2, 0.25) is 5.91 Å². The van der Waals surface area contributed by atoms with E-state index in [1.165, 1.54) is 18.2 Å². The summed E-state index contributed by atoms with van der Waals surface area (Å²) in [6.07, 6.45) is 0.853. The van der Waals surface area contributed by atoms with E-state index in [9.17, 15) is 14.0 Å². The molecule has 3 aromatic rings. The average Bonchev–Trinajstić information content (AvgIpc) is 3.50. The van der Waals surface area contributed by atoms with Gasteiger partial charge in [-0.2, -0.15) is 0 Å². The van der Waals surface area contributed by atoms with Crippen LogP contribution in [0.1, 0.15) is 29.3 Å². The van der Waals surface area contributed by atoms with Crippen molar-refractivity contribution in [2.45, 2.75) is 19.9 Å². The van der Waals surface area contributed by atoms with E-state index in [4.69, 9.17) is 16.7 Å². The second-order valence-corrected chi connectivity index (χ2v) is 7.96. The molecule has 0 aromatic heterocycles. The van der Waals surface area contributed by atoms with Crippen molar-refractivity contribution >= 4 is 29.2 Å². The van der Waals surface area contributed by atoms with Crippen molar-refractivity contribution in [2.75, 3.05) is 4.90 Å². The van der Waals surface area contributed by atoms with E-state index < -0.39 is 5.97 Å². The molecule has 0 saturated heterocycles. The van der Waals surface area contributed by atoms with Gasteiger partial charge in [0.25, 0.3) is 0 Å². The summed E-state index contributed by atoms with van der Waals surface area (Å²) in [6.45, 7) is 2.28. The molecule has 1 fully saturated rings. The molecule has 2 atom stereocenters. The van der Waals surface area contributed by atoms with Gasteiger partial charge in [-0.05, 0) is 66.4 Å². The number of benzene rings is 3. The highest BCUT2D eigenvalue weighted by Crippen LogP contribution is 2.40. The van der Waals surface area contributed by atoms with Gasteiger partial charge in [0.1, 0.15) is 5.82 Å². The van der Waals surface area contributed by atoms with Gasteiger partial charge in [0, 0.05) is 16.6 Å². The van der Waals surface area contributed by atoms with Crippen LogP contribution in [0.5, 0.6) is 0 Å². The van der Waals surface area contributed by atoms with Crippen LogP contribution >= 0.6 is 11.6 Å². The highest BCUT2D eigenvalue weighted by atomic mass is 35.5. The van der Waals surface area contributed by atoms with Gasteiger partial charge in [-0.15, -0.1) is 0 Å². The zero-order valence-electron chi connectivity index (χ0n) is 17.0. The third kappa shape index (κ3) is 6.40. The van der Waals surface area contributed by atoms with Crippen LogP contribution in [0.3, 0.4) is 0 Å². The average molecular weight is 440 g/mol. The predicted molar refractivity (Wildman–Crippen MR) is 120 cm³/mol. The molecule has 1 aliphatic carbocycles. The Labute approximate surface area is 185 Å². The maximum atomic E-state index is 13.2. The Hall–Kier alpha value is -3.18. The summed E-state index contributed by atoms with van der Waals surface area (Å²) in [5.41, 5.74) is 1.51.